The summed E-state index contributed by atoms with van der Waals surface area (Å²) in [5.74, 6) is -0.235. The van der Waals surface area contributed by atoms with Gasteiger partial charge in [-0.3, -0.25) is 9.59 Å². The normalized spacial score (nSPS) is 10.4. The van der Waals surface area contributed by atoms with E-state index in [1.807, 2.05) is 42.5 Å². The third kappa shape index (κ3) is 3.37. The molecule has 0 unspecified atom stereocenters. The lowest BCUT2D eigenvalue weighted by atomic mass is 10.1. The standard InChI is InChI=1S/C19H14O4/c20-17(12-19(21)22)14-8-10-15(11-9-14)23-18-7-3-5-13-4-1-2-6-16(13)18/h1-11H,12H2,(H,21,22). The molecular weight excluding hydrogens is 292 g/mol. The maximum atomic E-state index is 11.7. The summed E-state index contributed by atoms with van der Waals surface area (Å²) in [7, 11) is 0. The van der Waals surface area contributed by atoms with Crippen molar-refractivity contribution in [2.24, 2.45) is 0 Å². The fourth-order valence-electron chi connectivity index (χ4n) is 2.36. The van der Waals surface area contributed by atoms with E-state index in [1.54, 1.807) is 24.3 Å². The van der Waals surface area contributed by atoms with Crippen molar-refractivity contribution in [1.82, 2.24) is 0 Å². The first-order valence-corrected chi connectivity index (χ1v) is 7.14. The van der Waals surface area contributed by atoms with Gasteiger partial charge in [0, 0.05) is 10.9 Å². The van der Waals surface area contributed by atoms with Crippen LogP contribution in [0.3, 0.4) is 0 Å². The van der Waals surface area contributed by atoms with Gasteiger partial charge in [0.05, 0.1) is 0 Å². The summed E-state index contributed by atoms with van der Waals surface area (Å²) in [5.41, 5.74) is 0.359. The van der Waals surface area contributed by atoms with Gasteiger partial charge in [-0.2, -0.15) is 0 Å². The molecular formula is C19H14O4. The largest absolute Gasteiger partial charge is 0.481 e. The Hall–Kier alpha value is -3.14. The topological polar surface area (TPSA) is 63.6 Å². The molecule has 0 saturated carbocycles. The van der Waals surface area contributed by atoms with Crippen molar-refractivity contribution in [3.05, 3.63) is 72.3 Å². The Morgan fingerprint density at radius 1 is 0.870 bits per heavy atom. The highest BCUT2D eigenvalue weighted by Gasteiger charge is 2.11. The average molecular weight is 306 g/mol. The zero-order valence-electron chi connectivity index (χ0n) is 12.2. The Morgan fingerprint density at radius 3 is 2.30 bits per heavy atom. The highest BCUT2D eigenvalue weighted by molar-refractivity contribution is 6.05. The minimum atomic E-state index is -1.13. The molecule has 23 heavy (non-hydrogen) atoms. The molecule has 4 heteroatoms. The molecule has 0 fully saturated rings. The molecule has 3 aromatic carbocycles. The Morgan fingerprint density at radius 2 is 1.57 bits per heavy atom. The molecule has 0 saturated heterocycles. The van der Waals surface area contributed by atoms with Crippen molar-refractivity contribution in [3.63, 3.8) is 0 Å². The number of Topliss-reactive ketones (excluding diaryl/α,β-unsaturated/α-hetero) is 1. The summed E-state index contributed by atoms with van der Waals surface area (Å²) in [5, 5.41) is 10.7. The molecule has 114 valence electrons. The molecule has 0 spiro atoms. The van der Waals surface area contributed by atoms with E-state index in [1.165, 1.54) is 0 Å². The molecule has 0 heterocycles. The first-order chi connectivity index (χ1) is 11.1. The van der Waals surface area contributed by atoms with Crippen LogP contribution in [0, 0.1) is 0 Å². The number of carbonyl (C=O) groups is 2. The number of ether oxygens (including phenoxy) is 1. The Balaban J connectivity index is 1.83. The predicted molar refractivity (Wildman–Crippen MR) is 87.0 cm³/mol. The molecule has 0 amide bonds. The van der Waals surface area contributed by atoms with Gasteiger partial charge in [-0.15, -0.1) is 0 Å². The van der Waals surface area contributed by atoms with Crippen molar-refractivity contribution in [1.29, 1.82) is 0 Å². The van der Waals surface area contributed by atoms with Gasteiger partial charge in [0.1, 0.15) is 17.9 Å². The van der Waals surface area contributed by atoms with Crippen LogP contribution in [-0.2, 0) is 4.79 Å². The third-order valence-corrected chi connectivity index (χ3v) is 3.47. The summed E-state index contributed by atoms with van der Waals surface area (Å²) in [6.07, 6.45) is -0.510. The summed E-state index contributed by atoms with van der Waals surface area (Å²) >= 11 is 0. The number of rotatable bonds is 5. The molecule has 3 rings (SSSR count). The smallest absolute Gasteiger partial charge is 0.311 e. The molecule has 0 aromatic heterocycles. The second-order valence-corrected chi connectivity index (χ2v) is 5.10. The predicted octanol–water partition coefficient (Wildman–Crippen LogP) is 4.29. The van der Waals surface area contributed by atoms with Crippen LogP contribution in [0.5, 0.6) is 11.5 Å². The van der Waals surface area contributed by atoms with Gasteiger partial charge < -0.3 is 9.84 Å². The fraction of sp³-hybridized carbons (Fsp3) is 0.0526. The number of benzene rings is 3. The van der Waals surface area contributed by atoms with E-state index in [0.29, 0.717) is 11.3 Å². The summed E-state index contributed by atoms with van der Waals surface area (Å²) in [6, 6.07) is 20.2. The maximum Gasteiger partial charge on any atom is 0.311 e. The van der Waals surface area contributed by atoms with Crippen LogP contribution >= 0.6 is 0 Å². The second-order valence-electron chi connectivity index (χ2n) is 5.10. The van der Waals surface area contributed by atoms with E-state index in [9.17, 15) is 9.59 Å². The maximum absolute atomic E-state index is 11.7. The van der Waals surface area contributed by atoms with Gasteiger partial charge in [0.25, 0.3) is 0 Å². The summed E-state index contributed by atoms with van der Waals surface area (Å²) in [6.45, 7) is 0. The lowest BCUT2D eigenvalue weighted by molar-refractivity contribution is -0.135. The molecule has 4 nitrogen and oxygen atoms in total. The SMILES string of the molecule is O=C(O)CC(=O)c1ccc(Oc2cccc3ccccc23)cc1. The van der Waals surface area contributed by atoms with E-state index in [4.69, 9.17) is 9.84 Å². The Bertz CT molecular complexity index is 861. The number of ketones is 1. The van der Waals surface area contributed by atoms with Gasteiger partial charge in [-0.25, -0.2) is 0 Å². The molecule has 0 atom stereocenters. The van der Waals surface area contributed by atoms with Crippen molar-refractivity contribution in [3.8, 4) is 11.5 Å². The molecule has 0 aliphatic carbocycles. The minimum absolute atomic E-state index is 0.359. The molecule has 3 aromatic rings. The van der Waals surface area contributed by atoms with Crippen LogP contribution in [0.2, 0.25) is 0 Å². The molecule has 0 radical (unpaired) electrons. The quantitative estimate of drug-likeness (QED) is 0.564. The zero-order valence-corrected chi connectivity index (χ0v) is 12.2. The van der Waals surface area contributed by atoms with Crippen LogP contribution in [0.25, 0.3) is 10.8 Å². The van der Waals surface area contributed by atoms with Gasteiger partial charge >= 0.3 is 5.97 Å². The van der Waals surface area contributed by atoms with Crippen molar-refractivity contribution >= 4 is 22.5 Å². The van der Waals surface area contributed by atoms with Gasteiger partial charge in [0.15, 0.2) is 5.78 Å². The number of fused-ring (bicyclic) bond motifs is 1. The van der Waals surface area contributed by atoms with Crippen LogP contribution in [0.1, 0.15) is 16.8 Å². The van der Waals surface area contributed by atoms with E-state index in [2.05, 4.69) is 0 Å². The molecule has 0 aliphatic heterocycles. The van der Waals surface area contributed by atoms with Gasteiger partial charge in [0.2, 0.25) is 0 Å². The second kappa shape index (κ2) is 6.32. The number of carbonyl (C=O) groups excluding carboxylic acids is 1. The number of aliphatic carboxylic acids is 1. The van der Waals surface area contributed by atoms with E-state index in [-0.39, 0.29) is 0 Å². The van der Waals surface area contributed by atoms with Gasteiger partial charge in [-0.05, 0) is 35.7 Å². The van der Waals surface area contributed by atoms with Gasteiger partial charge in [-0.1, -0.05) is 36.4 Å². The van der Waals surface area contributed by atoms with E-state index >= 15 is 0 Å². The summed E-state index contributed by atoms with van der Waals surface area (Å²) < 4.78 is 5.88. The van der Waals surface area contributed by atoms with Crippen LogP contribution in [0.4, 0.5) is 0 Å². The van der Waals surface area contributed by atoms with E-state index in [0.717, 1.165) is 16.5 Å². The lowest BCUT2D eigenvalue weighted by Gasteiger charge is -2.09. The fourth-order valence-corrected chi connectivity index (χ4v) is 2.36. The first-order valence-electron chi connectivity index (χ1n) is 7.14. The van der Waals surface area contributed by atoms with Crippen LogP contribution in [-0.4, -0.2) is 16.9 Å². The molecule has 1 N–H and O–H groups in total. The van der Waals surface area contributed by atoms with Crippen molar-refractivity contribution in [2.75, 3.05) is 0 Å². The Labute approximate surface area is 132 Å². The first kappa shape index (κ1) is 14.8. The zero-order chi connectivity index (χ0) is 16.2. The highest BCUT2D eigenvalue weighted by Crippen LogP contribution is 2.29. The number of carboxylic acid groups (broad SMARTS) is 1. The van der Waals surface area contributed by atoms with Crippen molar-refractivity contribution in [2.45, 2.75) is 6.42 Å². The van der Waals surface area contributed by atoms with Crippen LogP contribution in [0.15, 0.2) is 66.7 Å². The van der Waals surface area contributed by atoms with Crippen LogP contribution < -0.4 is 4.74 Å². The third-order valence-electron chi connectivity index (χ3n) is 3.47. The highest BCUT2D eigenvalue weighted by atomic mass is 16.5. The number of carboxylic acids is 1. The minimum Gasteiger partial charge on any atom is -0.481 e. The Kier molecular flexibility index (Phi) is 4.06. The lowest BCUT2D eigenvalue weighted by Crippen LogP contribution is -2.06. The number of hydrogen-bond acceptors (Lipinski definition) is 3. The van der Waals surface area contributed by atoms with E-state index < -0.39 is 18.2 Å². The number of hydrogen-bond donors (Lipinski definition) is 1. The monoisotopic (exact) mass is 306 g/mol. The molecule has 0 aliphatic rings. The summed E-state index contributed by atoms with van der Waals surface area (Å²) in [4.78, 5) is 22.2. The van der Waals surface area contributed by atoms with Crippen molar-refractivity contribution < 1.29 is 19.4 Å². The molecule has 0 bridgehead atoms. The average Bonchev–Trinajstić information content (AvgIpc) is 2.55.